The van der Waals surface area contributed by atoms with Crippen molar-refractivity contribution in [3.63, 3.8) is 0 Å². The zero-order chi connectivity index (χ0) is 13.5. The minimum Gasteiger partial charge on any atom is -0.355 e. The first-order valence-corrected chi connectivity index (χ1v) is 6.16. The lowest BCUT2D eigenvalue weighted by molar-refractivity contribution is -0.120. The number of carbonyl (C=O) groups is 2. The molecule has 0 aliphatic rings. The van der Waals surface area contributed by atoms with Gasteiger partial charge in [0.05, 0.1) is 6.54 Å². The molecule has 4 nitrogen and oxygen atoms in total. The molecule has 0 bridgehead atoms. The first kappa shape index (κ1) is 14.2. The van der Waals surface area contributed by atoms with Gasteiger partial charge >= 0.3 is 0 Å². The number of amides is 2. The second kappa shape index (κ2) is 6.79. The van der Waals surface area contributed by atoms with Gasteiger partial charge in [-0.25, -0.2) is 0 Å². The standard InChI is InChI=1S/C14H20N2O2/c1-4-7-15-13(17)9-16-14(18)12-6-5-10(2)8-11(12)3/h5-6,8H,4,7,9H2,1-3H3,(H,15,17)(H,16,18). The van der Waals surface area contributed by atoms with E-state index in [-0.39, 0.29) is 18.4 Å². The van der Waals surface area contributed by atoms with E-state index in [9.17, 15) is 9.59 Å². The molecule has 1 aromatic carbocycles. The molecule has 0 unspecified atom stereocenters. The maximum atomic E-state index is 11.9. The van der Waals surface area contributed by atoms with Crippen LogP contribution in [0, 0.1) is 13.8 Å². The average molecular weight is 248 g/mol. The molecule has 0 fully saturated rings. The van der Waals surface area contributed by atoms with Crippen molar-refractivity contribution >= 4 is 11.8 Å². The minimum absolute atomic E-state index is 0.0200. The Labute approximate surface area is 108 Å². The van der Waals surface area contributed by atoms with E-state index in [1.54, 1.807) is 6.07 Å². The zero-order valence-corrected chi connectivity index (χ0v) is 11.2. The Bertz CT molecular complexity index is 441. The molecule has 0 atom stereocenters. The van der Waals surface area contributed by atoms with E-state index in [0.717, 1.165) is 17.5 Å². The van der Waals surface area contributed by atoms with E-state index in [4.69, 9.17) is 0 Å². The smallest absolute Gasteiger partial charge is 0.251 e. The van der Waals surface area contributed by atoms with Gasteiger partial charge in [-0.1, -0.05) is 24.6 Å². The summed E-state index contributed by atoms with van der Waals surface area (Å²) in [5, 5.41) is 5.33. The predicted octanol–water partition coefficient (Wildman–Crippen LogP) is 1.56. The van der Waals surface area contributed by atoms with Gasteiger partial charge in [0.25, 0.3) is 5.91 Å². The number of hydrogen-bond donors (Lipinski definition) is 2. The van der Waals surface area contributed by atoms with Gasteiger partial charge < -0.3 is 10.6 Å². The van der Waals surface area contributed by atoms with E-state index < -0.39 is 0 Å². The Hall–Kier alpha value is -1.84. The normalized spacial score (nSPS) is 9.94. The number of carbonyl (C=O) groups excluding carboxylic acids is 2. The van der Waals surface area contributed by atoms with Crippen molar-refractivity contribution in [2.24, 2.45) is 0 Å². The van der Waals surface area contributed by atoms with Gasteiger partial charge in [-0.3, -0.25) is 9.59 Å². The first-order valence-electron chi connectivity index (χ1n) is 6.16. The fourth-order valence-electron chi connectivity index (χ4n) is 1.65. The number of aryl methyl sites for hydroxylation is 2. The van der Waals surface area contributed by atoms with Crippen LogP contribution in [0.2, 0.25) is 0 Å². The molecule has 0 spiro atoms. The Morgan fingerprint density at radius 2 is 1.89 bits per heavy atom. The van der Waals surface area contributed by atoms with Gasteiger partial charge in [0.1, 0.15) is 0 Å². The lowest BCUT2D eigenvalue weighted by Crippen LogP contribution is -2.37. The van der Waals surface area contributed by atoms with E-state index in [1.807, 2.05) is 32.9 Å². The first-order chi connectivity index (χ1) is 8.54. The highest BCUT2D eigenvalue weighted by Crippen LogP contribution is 2.09. The van der Waals surface area contributed by atoms with Gasteiger partial charge in [-0.05, 0) is 31.9 Å². The van der Waals surface area contributed by atoms with E-state index >= 15 is 0 Å². The van der Waals surface area contributed by atoms with Crippen molar-refractivity contribution in [3.05, 3.63) is 34.9 Å². The molecular weight excluding hydrogens is 228 g/mol. The molecule has 2 N–H and O–H groups in total. The maximum Gasteiger partial charge on any atom is 0.251 e. The van der Waals surface area contributed by atoms with Crippen LogP contribution in [0.4, 0.5) is 0 Å². The van der Waals surface area contributed by atoms with Crippen molar-refractivity contribution in [1.82, 2.24) is 10.6 Å². The Morgan fingerprint density at radius 3 is 2.50 bits per heavy atom. The Balaban J connectivity index is 2.53. The van der Waals surface area contributed by atoms with Crippen molar-refractivity contribution < 1.29 is 9.59 Å². The summed E-state index contributed by atoms with van der Waals surface area (Å²) in [4.78, 5) is 23.2. The van der Waals surface area contributed by atoms with E-state index in [0.29, 0.717) is 12.1 Å². The highest BCUT2D eigenvalue weighted by atomic mass is 16.2. The summed E-state index contributed by atoms with van der Waals surface area (Å²) in [6.45, 7) is 6.50. The van der Waals surface area contributed by atoms with Crippen LogP contribution < -0.4 is 10.6 Å². The Kier molecular flexibility index (Phi) is 5.36. The third-order valence-corrected chi connectivity index (χ3v) is 2.61. The second-order valence-corrected chi connectivity index (χ2v) is 4.35. The molecule has 0 aliphatic carbocycles. The molecule has 0 heterocycles. The van der Waals surface area contributed by atoms with Gasteiger partial charge in [-0.15, -0.1) is 0 Å². The molecule has 1 aromatic rings. The quantitative estimate of drug-likeness (QED) is 0.830. The highest BCUT2D eigenvalue weighted by molar-refractivity contribution is 5.97. The number of nitrogens with one attached hydrogen (secondary N) is 2. The SMILES string of the molecule is CCCNC(=O)CNC(=O)c1ccc(C)cc1C. The predicted molar refractivity (Wildman–Crippen MR) is 71.5 cm³/mol. The van der Waals surface area contributed by atoms with E-state index in [2.05, 4.69) is 10.6 Å². The van der Waals surface area contributed by atoms with Crippen LogP contribution in [0.15, 0.2) is 18.2 Å². The summed E-state index contributed by atoms with van der Waals surface area (Å²) in [6, 6.07) is 5.62. The Morgan fingerprint density at radius 1 is 1.17 bits per heavy atom. The minimum atomic E-state index is -0.209. The lowest BCUT2D eigenvalue weighted by Gasteiger charge is -2.08. The monoisotopic (exact) mass is 248 g/mol. The number of benzene rings is 1. The molecule has 0 radical (unpaired) electrons. The summed E-state index contributed by atoms with van der Waals surface area (Å²) in [6.07, 6.45) is 0.886. The number of rotatable bonds is 5. The van der Waals surface area contributed by atoms with Crippen LogP contribution in [-0.2, 0) is 4.79 Å². The molecule has 98 valence electrons. The summed E-state index contributed by atoms with van der Waals surface area (Å²) in [5.74, 6) is -0.367. The van der Waals surface area contributed by atoms with Crippen molar-refractivity contribution in [2.45, 2.75) is 27.2 Å². The largest absolute Gasteiger partial charge is 0.355 e. The molecule has 2 amide bonds. The second-order valence-electron chi connectivity index (χ2n) is 4.35. The molecule has 4 heteroatoms. The molecule has 0 aliphatic heterocycles. The molecule has 0 saturated heterocycles. The van der Waals surface area contributed by atoms with Crippen molar-refractivity contribution in [2.75, 3.05) is 13.1 Å². The summed E-state index contributed by atoms with van der Waals surface area (Å²) >= 11 is 0. The van der Waals surface area contributed by atoms with Gasteiger partial charge in [0.15, 0.2) is 0 Å². The van der Waals surface area contributed by atoms with Crippen LogP contribution in [0.3, 0.4) is 0 Å². The molecule has 1 rings (SSSR count). The summed E-state index contributed by atoms with van der Waals surface area (Å²) < 4.78 is 0. The fraction of sp³-hybridized carbons (Fsp3) is 0.429. The van der Waals surface area contributed by atoms with Crippen LogP contribution in [0.1, 0.15) is 34.8 Å². The molecule has 18 heavy (non-hydrogen) atoms. The van der Waals surface area contributed by atoms with Crippen LogP contribution >= 0.6 is 0 Å². The molecular formula is C14H20N2O2. The topological polar surface area (TPSA) is 58.2 Å². The van der Waals surface area contributed by atoms with Gasteiger partial charge in [0, 0.05) is 12.1 Å². The third-order valence-electron chi connectivity index (χ3n) is 2.61. The third kappa shape index (κ3) is 4.20. The number of hydrogen-bond acceptors (Lipinski definition) is 2. The van der Waals surface area contributed by atoms with Crippen molar-refractivity contribution in [3.8, 4) is 0 Å². The molecule has 0 saturated carbocycles. The van der Waals surface area contributed by atoms with Crippen LogP contribution in [0.25, 0.3) is 0 Å². The average Bonchev–Trinajstić information content (AvgIpc) is 2.33. The lowest BCUT2D eigenvalue weighted by atomic mass is 10.1. The zero-order valence-electron chi connectivity index (χ0n) is 11.2. The van der Waals surface area contributed by atoms with Gasteiger partial charge in [-0.2, -0.15) is 0 Å². The van der Waals surface area contributed by atoms with Crippen LogP contribution in [0.5, 0.6) is 0 Å². The van der Waals surface area contributed by atoms with Crippen LogP contribution in [-0.4, -0.2) is 24.9 Å². The van der Waals surface area contributed by atoms with Crippen molar-refractivity contribution in [1.29, 1.82) is 0 Å². The van der Waals surface area contributed by atoms with E-state index in [1.165, 1.54) is 0 Å². The van der Waals surface area contributed by atoms with Gasteiger partial charge in [0.2, 0.25) is 5.91 Å². The highest BCUT2D eigenvalue weighted by Gasteiger charge is 2.09. The summed E-state index contributed by atoms with van der Waals surface area (Å²) in [7, 11) is 0. The maximum absolute atomic E-state index is 11.9. The summed E-state index contributed by atoms with van der Waals surface area (Å²) in [5.41, 5.74) is 2.65. The molecule has 0 aromatic heterocycles. The fourth-order valence-corrected chi connectivity index (χ4v) is 1.65.